The van der Waals surface area contributed by atoms with Crippen LogP contribution in [0.15, 0.2) is 29.2 Å². The minimum atomic E-state index is -3.73. The van der Waals surface area contributed by atoms with Crippen molar-refractivity contribution in [3.05, 3.63) is 30.1 Å². The van der Waals surface area contributed by atoms with E-state index in [-0.39, 0.29) is 47.8 Å². The number of fused-ring (bicyclic) bond motifs is 1. The van der Waals surface area contributed by atoms with E-state index in [1.165, 1.54) is 16.4 Å². The molecule has 4 rings (SSSR count). The molecule has 0 N–H and O–H groups in total. The molecule has 3 heterocycles. The van der Waals surface area contributed by atoms with Crippen LogP contribution in [0.5, 0.6) is 0 Å². The Hall–Kier alpha value is -1.30. The molecular weight excluding hydrogens is 437 g/mol. The predicted molar refractivity (Wildman–Crippen MR) is 111 cm³/mol. The Kier molecular flexibility index (Phi) is 5.60. The zero-order chi connectivity index (χ0) is 20.8. The number of amides is 2. The number of hydrogen-bond donors (Lipinski definition) is 0. The first-order valence-electron chi connectivity index (χ1n) is 9.31. The topological polar surface area (TPSA) is 78.0 Å². The molecule has 3 fully saturated rings. The van der Waals surface area contributed by atoms with Gasteiger partial charge < -0.3 is 9.80 Å². The third kappa shape index (κ3) is 3.77. The zero-order valence-electron chi connectivity index (χ0n) is 15.9. The van der Waals surface area contributed by atoms with E-state index in [0.717, 1.165) is 17.9 Å². The minimum absolute atomic E-state index is 0.00961. The molecule has 0 saturated carbocycles. The second-order valence-corrected chi connectivity index (χ2v) is 11.9. The molecule has 29 heavy (non-hydrogen) atoms. The molecule has 2 amide bonds. The van der Waals surface area contributed by atoms with Gasteiger partial charge >= 0.3 is 0 Å². The highest BCUT2D eigenvalue weighted by Crippen LogP contribution is 2.44. The maximum Gasteiger partial charge on any atom is 0.246 e. The van der Waals surface area contributed by atoms with Gasteiger partial charge in [-0.1, -0.05) is 0 Å². The Morgan fingerprint density at radius 2 is 1.83 bits per heavy atom. The highest BCUT2D eigenvalue weighted by atomic mass is 32.2. The van der Waals surface area contributed by atoms with Crippen LogP contribution in [0.4, 0.5) is 4.39 Å². The number of thioether (sulfide) groups is 2. The molecule has 3 aliphatic rings. The molecule has 0 radical (unpaired) electrons. The first-order valence-corrected chi connectivity index (χ1v) is 12.9. The zero-order valence-corrected chi connectivity index (χ0v) is 18.4. The van der Waals surface area contributed by atoms with Gasteiger partial charge in [0.2, 0.25) is 21.8 Å². The van der Waals surface area contributed by atoms with Gasteiger partial charge in [-0.15, -0.1) is 23.5 Å². The monoisotopic (exact) mass is 459 g/mol. The Morgan fingerprint density at radius 1 is 1.17 bits per heavy atom. The summed E-state index contributed by atoms with van der Waals surface area (Å²) in [6.45, 7) is 2.89. The van der Waals surface area contributed by atoms with Crippen molar-refractivity contribution < 1.29 is 22.4 Å². The highest BCUT2D eigenvalue weighted by Gasteiger charge is 2.52. The van der Waals surface area contributed by atoms with Crippen molar-refractivity contribution in [2.45, 2.75) is 22.7 Å². The summed E-state index contributed by atoms with van der Waals surface area (Å²) >= 11 is 3.23. The van der Waals surface area contributed by atoms with E-state index in [4.69, 9.17) is 0 Å². The van der Waals surface area contributed by atoms with E-state index in [1.807, 2.05) is 6.92 Å². The van der Waals surface area contributed by atoms with Gasteiger partial charge in [0.05, 0.1) is 15.5 Å². The van der Waals surface area contributed by atoms with Gasteiger partial charge in [-0.25, -0.2) is 12.8 Å². The van der Waals surface area contributed by atoms with Crippen LogP contribution in [-0.2, 0) is 19.6 Å². The number of hydrogen-bond acceptors (Lipinski definition) is 6. The summed E-state index contributed by atoms with van der Waals surface area (Å²) in [5, 5.41) is 0. The van der Waals surface area contributed by atoms with Gasteiger partial charge in [0.1, 0.15) is 11.9 Å². The van der Waals surface area contributed by atoms with Gasteiger partial charge in [0.25, 0.3) is 0 Å². The normalized spacial score (nSPS) is 28.5. The summed E-state index contributed by atoms with van der Waals surface area (Å²) in [5.41, 5.74) is 0. The summed E-state index contributed by atoms with van der Waals surface area (Å²) in [4.78, 5) is 28.6. The molecule has 2 atom stereocenters. The number of sulfonamides is 1. The lowest BCUT2D eigenvalue weighted by Crippen LogP contribution is -2.60. The summed E-state index contributed by atoms with van der Waals surface area (Å²) in [7, 11) is -3.73. The Labute approximate surface area is 178 Å². The van der Waals surface area contributed by atoms with Crippen LogP contribution in [0.25, 0.3) is 0 Å². The fourth-order valence-corrected chi connectivity index (χ4v) is 8.09. The number of rotatable bonds is 3. The molecule has 0 aliphatic carbocycles. The molecule has 0 bridgehead atoms. The number of halogens is 1. The first kappa shape index (κ1) is 21.0. The van der Waals surface area contributed by atoms with E-state index in [1.54, 1.807) is 33.3 Å². The van der Waals surface area contributed by atoms with Crippen molar-refractivity contribution in [1.29, 1.82) is 0 Å². The van der Waals surface area contributed by atoms with Crippen molar-refractivity contribution in [3.63, 3.8) is 0 Å². The van der Waals surface area contributed by atoms with Crippen LogP contribution in [0.1, 0.15) is 6.92 Å². The van der Waals surface area contributed by atoms with E-state index in [2.05, 4.69) is 0 Å². The number of carbonyl (C=O) groups excluding carboxylic acids is 2. The second kappa shape index (κ2) is 7.75. The lowest BCUT2D eigenvalue weighted by atomic mass is 10.1. The third-order valence-corrected chi connectivity index (χ3v) is 10.3. The number of piperazine rings is 1. The second-order valence-electron chi connectivity index (χ2n) is 7.44. The van der Waals surface area contributed by atoms with Crippen molar-refractivity contribution in [2.24, 2.45) is 0 Å². The minimum Gasteiger partial charge on any atom is -0.338 e. The van der Waals surface area contributed by atoms with E-state index in [0.29, 0.717) is 11.5 Å². The summed E-state index contributed by atoms with van der Waals surface area (Å²) in [6.07, 6.45) is 0. The van der Waals surface area contributed by atoms with Crippen LogP contribution in [-0.4, -0.2) is 88.7 Å². The van der Waals surface area contributed by atoms with Crippen LogP contribution in [0, 0.1) is 5.82 Å². The smallest absolute Gasteiger partial charge is 0.246 e. The molecule has 7 nitrogen and oxygen atoms in total. The molecule has 1 aromatic rings. The van der Waals surface area contributed by atoms with Gasteiger partial charge in [0.15, 0.2) is 0 Å². The maximum atomic E-state index is 13.1. The van der Waals surface area contributed by atoms with E-state index < -0.39 is 21.9 Å². The molecule has 1 aromatic carbocycles. The van der Waals surface area contributed by atoms with Crippen LogP contribution < -0.4 is 0 Å². The Balaban J connectivity index is 1.42. The lowest BCUT2D eigenvalue weighted by molar-refractivity contribution is -0.146. The number of benzene rings is 1. The molecule has 0 unspecified atom stereocenters. The standard InChI is InChI=1S/C18H22FN3O4S3/c1-18-12-27-11-16(23)22(18)15(10-28-18)17(24)20-6-8-21(9-7-20)29(25,26)14-4-2-13(19)3-5-14/h2-5,15H,6-12H2,1H3/t15-,18+/m1/s1. The van der Waals surface area contributed by atoms with Gasteiger partial charge in [-0.2, -0.15) is 4.31 Å². The van der Waals surface area contributed by atoms with Gasteiger partial charge in [-0.05, 0) is 31.2 Å². The predicted octanol–water partition coefficient (Wildman–Crippen LogP) is 1.07. The van der Waals surface area contributed by atoms with Gasteiger partial charge in [0, 0.05) is 37.7 Å². The fourth-order valence-electron chi connectivity index (χ4n) is 3.98. The number of carbonyl (C=O) groups is 2. The largest absolute Gasteiger partial charge is 0.338 e. The average molecular weight is 460 g/mol. The molecule has 11 heteroatoms. The van der Waals surface area contributed by atoms with Gasteiger partial charge in [-0.3, -0.25) is 9.59 Å². The third-order valence-electron chi connectivity index (χ3n) is 5.52. The molecule has 0 aromatic heterocycles. The maximum absolute atomic E-state index is 13.1. The number of nitrogens with zero attached hydrogens (tertiary/aromatic N) is 3. The van der Waals surface area contributed by atoms with Crippen LogP contribution >= 0.6 is 23.5 Å². The SMILES string of the molecule is C[C@]12CSCC(=O)N1[C@@H](C(=O)N1CCN(S(=O)(=O)c3ccc(F)cc3)CC1)CS2. The van der Waals surface area contributed by atoms with E-state index in [9.17, 15) is 22.4 Å². The Morgan fingerprint density at radius 3 is 2.48 bits per heavy atom. The summed E-state index contributed by atoms with van der Waals surface area (Å²) in [5.74, 6) is 1.15. The molecular formula is C18H22FN3O4S3. The van der Waals surface area contributed by atoms with Crippen molar-refractivity contribution in [1.82, 2.24) is 14.1 Å². The molecule has 3 aliphatic heterocycles. The van der Waals surface area contributed by atoms with Crippen LogP contribution in [0.2, 0.25) is 0 Å². The average Bonchev–Trinajstić information content (AvgIpc) is 3.06. The summed E-state index contributed by atoms with van der Waals surface area (Å²) in [6, 6.07) is 4.25. The molecule has 0 spiro atoms. The first-order chi connectivity index (χ1) is 13.7. The van der Waals surface area contributed by atoms with Crippen LogP contribution in [0.3, 0.4) is 0 Å². The van der Waals surface area contributed by atoms with Crippen molar-refractivity contribution in [2.75, 3.05) is 43.4 Å². The fraction of sp³-hybridized carbons (Fsp3) is 0.556. The van der Waals surface area contributed by atoms with E-state index >= 15 is 0 Å². The van der Waals surface area contributed by atoms with Crippen molar-refractivity contribution in [3.8, 4) is 0 Å². The highest BCUT2D eigenvalue weighted by molar-refractivity contribution is 8.04. The Bertz CT molecular complexity index is 919. The molecule has 158 valence electrons. The summed E-state index contributed by atoms with van der Waals surface area (Å²) < 4.78 is 39.9. The lowest BCUT2D eigenvalue weighted by Gasteiger charge is -2.42. The van der Waals surface area contributed by atoms with Crippen molar-refractivity contribution >= 4 is 45.4 Å². The quantitative estimate of drug-likeness (QED) is 0.673. The molecule has 3 saturated heterocycles.